The Morgan fingerprint density at radius 1 is 1.60 bits per heavy atom. The molecule has 0 bridgehead atoms. The fraction of sp³-hybridized carbons (Fsp3) is 0.875. The molecule has 0 aliphatic heterocycles. The molecule has 0 radical (unpaired) electrons. The van der Waals surface area contributed by atoms with Crippen molar-refractivity contribution in [1.29, 1.82) is 5.26 Å². The van der Waals surface area contributed by atoms with Crippen molar-refractivity contribution in [3.8, 4) is 6.07 Å². The highest BCUT2D eigenvalue weighted by Gasteiger charge is 2.34. The SMILES string of the molecule is CC1(O)CCCCC1C#N. The average Bonchev–Trinajstić information content (AvgIpc) is 1.87. The number of nitrogens with zero attached hydrogens (tertiary/aromatic N) is 1. The van der Waals surface area contributed by atoms with Crippen molar-refractivity contribution in [3.63, 3.8) is 0 Å². The molecule has 1 rings (SSSR count). The maximum absolute atomic E-state index is 9.61. The summed E-state index contributed by atoms with van der Waals surface area (Å²) in [6.45, 7) is 1.76. The van der Waals surface area contributed by atoms with Gasteiger partial charge in [-0.15, -0.1) is 0 Å². The van der Waals surface area contributed by atoms with Crippen LogP contribution in [-0.4, -0.2) is 10.7 Å². The fourth-order valence-corrected chi connectivity index (χ4v) is 1.52. The van der Waals surface area contributed by atoms with Gasteiger partial charge in [-0.2, -0.15) is 5.26 Å². The van der Waals surface area contributed by atoms with E-state index in [-0.39, 0.29) is 5.92 Å². The number of hydrogen-bond acceptors (Lipinski definition) is 2. The van der Waals surface area contributed by atoms with Gasteiger partial charge in [0.1, 0.15) is 0 Å². The molecule has 0 heterocycles. The molecule has 0 aromatic rings. The molecule has 56 valence electrons. The zero-order valence-electron chi connectivity index (χ0n) is 6.30. The van der Waals surface area contributed by atoms with Gasteiger partial charge in [-0.05, 0) is 19.8 Å². The molecular formula is C8H13NO. The molecule has 0 aromatic carbocycles. The van der Waals surface area contributed by atoms with Gasteiger partial charge < -0.3 is 5.11 Å². The van der Waals surface area contributed by atoms with E-state index in [1.54, 1.807) is 6.92 Å². The second kappa shape index (κ2) is 2.59. The number of aliphatic hydroxyl groups is 1. The highest BCUT2D eigenvalue weighted by atomic mass is 16.3. The van der Waals surface area contributed by atoms with Gasteiger partial charge in [-0.25, -0.2) is 0 Å². The van der Waals surface area contributed by atoms with Crippen molar-refractivity contribution in [1.82, 2.24) is 0 Å². The molecule has 1 aliphatic rings. The molecule has 0 saturated heterocycles. The third-order valence-corrected chi connectivity index (χ3v) is 2.33. The second-order valence-corrected chi connectivity index (χ2v) is 3.28. The van der Waals surface area contributed by atoms with E-state index < -0.39 is 5.60 Å². The first-order valence-corrected chi connectivity index (χ1v) is 3.79. The number of rotatable bonds is 0. The van der Waals surface area contributed by atoms with Crippen molar-refractivity contribution in [2.75, 3.05) is 0 Å². The summed E-state index contributed by atoms with van der Waals surface area (Å²) in [6.07, 6.45) is 3.80. The van der Waals surface area contributed by atoms with Crippen LogP contribution in [0.1, 0.15) is 32.6 Å². The zero-order valence-corrected chi connectivity index (χ0v) is 6.30. The van der Waals surface area contributed by atoms with Gasteiger partial charge in [-0.3, -0.25) is 0 Å². The van der Waals surface area contributed by atoms with Gasteiger partial charge in [0.25, 0.3) is 0 Å². The summed E-state index contributed by atoms with van der Waals surface area (Å²) in [5, 5.41) is 18.2. The Hall–Kier alpha value is -0.550. The van der Waals surface area contributed by atoms with Crippen LogP contribution in [0.25, 0.3) is 0 Å². The van der Waals surface area contributed by atoms with Crippen LogP contribution in [0.5, 0.6) is 0 Å². The Labute approximate surface area is 61.5 Å². The molecule has 1 N–H and O–H groups in total. The van der Waals surface area contributed by atoms with E-state index in [9.17, 15) is 5.11 Å². The standard InChI is InChI=1S/C8H13NO/c1-8(10)5-3-2-4-7(8)6-9/h7,10H,2-5H2,1H3. The molecule has 0 aromatic heterocycles. The smallest absolute Gasteiger partial charge is 0.0777 e. The summed E-state index contributed by atoms with van der Waals surface area (Å²) < 4.78 is 0. The molecule has 2 atom stereocenters. The summed E-state index contributed by atoms with van der Waals surface area (Å²) in [4.78, 5) is 0. The van der Waals surface area contributed by atoms with E-state index in [0.29, 0.717) is 0 Å². The van der Waals surface area contributed by atoms with Gasteiger partial charge in [0, 0.05) is 0 Å². The lowest BCUT2D eigenvalue weighted by Crippen LogP contribution is -2.36. The molecule has 2 nitrogen and oxygen atoms in total. The third-order valence-electron chi connectivity index (χ3n) is 2.33. The highest BCUT2D eigenvalue weighted by molar-refractivity contribution is 4.98. The Morgan fingerprint density at radius 3 is 2.70 bits per heavy atom. The molecule has 2 unspecified atom stereocenters. The largest absolute Gasteiger partial charge is 0.389 e. The summed E-state index contributed by atoms with van der Waals surface area (Å²) in [7, 11) is 0. The van der Waals surface area contributed by atoms with Gasteiger partial charge in [-0.1, -0.05) is 12.8 Å². The van der Waals surface area contributed by atoms with Crippen LogP contribution in [0, 0.1) is 17.2 Å². The predicted molar refractivity (Wildman–Crippen MR) is 38.2 cm³/mol. The van der Waals surface area contributed by atoms with Crippen molar-refractivity contribution < 1.29 is 5.11 Å². The number of hydrogen-bond donors (Lipinski definition) is 1. The van der Waals surface area contributed by atoms with E-state index in [4.69, 9.17) is 5.26 Å². The minimum atomic E-state index is -0.715. The average molecular weight is 139 g/mol. The van der Waals surface area contributed by atoms with E-state index in [2.05, 4.69) is 6.07 Å². The Morgan fingerprint density at radius 2 is 2.30 bits per heavy atom. The normalized spacial score (nSPS) is 40.7. The first kappa shape index (κ1) is 7.56. The van der Waals surface area contributed by atoms with Gasteiger partial charge in [0.15, 0.2) is 0 Å². The van der Waals surface area contributed by atoms with E-state index in [1.165, 1.54) is 0 Å². The molecule has 0 amide bonds. The summed E-state index contributed by atoms with van der Waals surface area (Å²) >= 11 is 0. The van der Waals surface area contributed by atoms with Crippen molar-refractivity contribution in [3.05, 3.63) is 0 Å². The van der Waals surface area contributed by atoms with Crippen LogP contribution < -0.4 is 0 Å². The molecular weight excluding hydrogens is 126 g/mol. The lowest BCUT2D eigenvalue weighted by Gasteiger charge is -2.32. The van der Waals surface area contributed by atoms with Crippen LogP contribution in [-0.2, 0) is 0 Å². The monoisotopic (exact) mass is 139 g/mol. The van der Waals surface area contributed by atoms with Crippen LogP contribution in [0.15, 0.2) is 0 Å². The van der Waals surface area contributed by atoms with Crippen molar-refractivity contribution in [2.24, 2.45) is 5.92 Å². The molecule has 1 fully saturated rings. The first-order valence-electron chi connectivity index (χ1n) is 3.79. The van der Waals surface area contributed by atoms with Gasteiger partial charge >= 0.3 is 0 Å². The molecule has 0 spiro atoms. The zero-order chi connectivity index (χ0) is 7.61. The van der Waals surface area contributed by atoms with Crippen molar-refractivity contribution >= 4 is 0 Å². The number of nitriles is 1. The minimum Gasteiger partial charge on any atom is -0.389 e. The molecule has 1 aliphatic carbocycles. The quantitative estimate of drug-likeness (QED) is 0.552. The predicted octanol–water partition coefficient (Wildman–Crippen LogP) is 1.45. The van der Waals surface area contributed by atoms with E-state index in [0.717, 1.165) is 25.7 Å². The Bertz CT molecular complexity index is 157. The lowest BCUT2D eigenvalue weighted by molar-refractivity contribution is -0.00918. The topological polar surface area (TPSA) is 44.0 Å². The Kier molecular flexibility index (Phi) is 1.96. The second-order valence-electron chi connectivity index (χ2n) is 3.28. The van der Waals surface area contributed by atoms with Crippen LogP contribution in [0.4, 0.5) is 0 Å². The highest BCUT2D eigenvalue weighted by Crippen LogP contribution is 2.32. The van der Waals surface area contributed by atoms with E-state index in [1.807, 2.05) is 0 Å². The minimum absolute atomic E-state index is 0.138. The van der Waals surface area contributed by atoms with Crippen LogP contribution >= 0.6 is 0 Å². The fourth-order valence-electron chi connectivity index (χ4n) is 1.52. The van der Waals surface area contributed by atoms with E-state index >= 15 is 0 Å². The lowest BCUT2D eigenvalue weighted by atomic mass is 9.77. The molecule has 1 saturated carbocycles. The van der Waals surface area contributed by atoms with Gasteiger partial charge in [0.2, 0.25) is 0 Å². The summed E-state index contributed by atoms with van der Waals surface area (Å²) in [5.41, 5.74) is -0.715. The van der Waals surface area contributed by atoms with Crippen LogP contribution in [0.3, 0.4) is 0 Å². The maximum atomic E-state index is 9.61. The Balaban J connectivity index is 2.62. The third kappa shape index (κ3) is 1.30. The molecule has 2 heteroatoms. The van der Waals surface area contributed by atoms with Gasteiger partial charge in [0.05, 0.1) is 17.6 Å². The first-order chi connectivity index (χ1) is 4.67. The summed E-state index contributed by atoms with van der Waals surface area (Å²) in [5.74, 6) is -0.138. The maximum Gasteiger partial charge on any atom is 0.0777 e. The van der Waals surface area contributed by atoms with Crippen LogP contribution in [0.2, 0.25) is 0 Å². The summed E-state index contributed by atoms with van der Waals surface area (Å²) in [6, 6.07) is 2.14. The molecule has 10 heavy (non-hydrogen) atoms. The van der Waals surface area contributed by atoms with Crippen molar-refractivity contribution in [2.45, 2.75) is 38.2 Å².